The van der Waals surface area contributed by atoms with Crippen LogP contribution in [0.2, 0.25) is 0 Å². The second kappa shape index (κ2) is 5.24. The molecular formula is C17H28N2. The Kier molecular flexibility index (Phi) is 4.00. The minimum Gasteiger partial charge on any atom is -0.314 e. The fraction of sp³-hybridized carbons (Fsp3) is 0.706. The molecule has 0 spiro atoms. The molecule has 0 amide bonds. The van der Waals surface area contributed by atoms with E-state index in [4.69, 9.17) is 0 Å². The molecule has 0 saturated heterocycles. The van der Waals surface area contributed by atoms with E-state index in [2.05, 4.69) is 63.2 Å². The van der Waals surface area contributed by atoms with Crippen LogP contribution >= 0.6 is 0 Å². The molecule has 2 heteroatoms. The van der Waals surface area contributed by atoms with E-state index in [9.17, 15) is 0 Å². The Hall–Kier alpha value is -0.890. The topological polar surface area (TPSA) is 24.9 Å². The Balaban J connectivity index is 2.13. The van der Waals surface area contributed by atoms with Crippen molar-refractivity contribution in [1.29, 1.82) is 0 Å². The summed E-state index contributed by atoms with van der Waals surface area (Å²) in [5, 5.41) is 3.63. The molecule has 1 aromatic heterocycles. The Labute approximate surface area is 118 Å². The van der Waals surface area contributed by atoms with Crippen molar-refractivity contribution in [1.82, 2.24) is 10.3 Å². The second-order valence-corrected chi connectivity index (χ2v) is 7.53. The van der Waals surface area contributed by atoms with Gasteiger partial charge in [0.2, 0.25) is 0 Å². The summed E-state index contributed by atoms with van der Waals surface area (Å²) in [7, 11) is 0. The molecule has 0 aliphatic heterocycles. The van der Waals surface area contributed by atoms with Gasteiger partial charge >= 0.3 is 0 Å². The highest BCUT2D eigenvalue weighted by Crippen LogP contribution is 2.53. The molecular weight excluding hydrogens is 232 g/mol. The summed E-state index contributed by atoms with van der Waals surface area (Å²) >= 11 is 0. The first-order valence-electron chi connectivity index (χ1n) is 7.47. The lowest BCUT2D eigenvalue weighted by Gasteiger charge is -2.53. The molecule has 1 N–H and O–H groups in total. The fourth-order valence-corrected chi connectivity index (χ4v) is 3.05. The molecule has 1 heterocycles. The van der Waals surface area contributed by atoms with Gasteiger partial charge < -0.3 is 5.32 Å². The summed E-state index contributed by atoms with van der Waals surface area (Å²) in [5.74, 6) is 0.821. The van der Waals surface area contributed by atoms with Crippen LogP contribution in [-0.4, -0.2) is 17.6 Å². The van der Waals surface area contributed by atoms with E-state index >= 15 is 0 Å². The van der Waals surface area contributed by atoms with Crippen molar-refractivity contribution >= 4 is 0 Å². The van der Waals surface area contributed by atoms with Crippen LogP contribution < -0.4 is 5.32 Å². The molecule has 0 bridgehead atoms. The van der Waals surface area contributed by atoms with Crippen LogP contribution in [0.3, 0.4) is 0 Å². The molecule has 1 aliphatic rings. The lowest BCUT2D eigenvalue weighted by Crippen LogP contribution is -2.53. The van der Waals surface area contributed by atoms with Crippen molar-refractivity contribution < 1.29 is 0 Å². The van der Waals surface area contributed by atoms with Crippen LogP contribution in [0, 0.1) is 11.3 Å². The first-order chi connectivity index (χ1) is 8.83. The lowest BCUT2D eigenvalue weighted by molar-refractivity contribution is 0.0435. The molecule has 106 valence electrons. The van der Waals surface area contributed by atoms with Crippen molar-refractivity contribution in [3.8, 4) is 0 Å². The van der Waals surface area contributed by atoms with E-state index in [0.717, 1.165) is 12.5 Å². The standard InChI is InChI=1S/C17H28N2/c1-13(2)19-12-17(14-7-6-8-18-11-14)9-15(10-17)16(3,4)5/h6-8,11,13,15,19H,9-10,12H2,1-5H3. The summed E-state index contributed by atoms with van der Waals surface area (Å²) in [6.07, 6.45) is 6.48. The van der Waals surface area contributed by atoms with Gasteiger partial charge in [0, 0.05) is 30.4 Å². The third-order valence-corrected chi connectivity index (χ3v) is 4.62. The predicted octanol–water partition coefficient (Wildman–Crippen LogP) is 3.77. The van der Waals surface area contributed by atoms with E-state index in [1.54, 1.807) is 0 Å². The Bertz CT molecular complexity index is 397. The van der Waals surface area contributed by atoms with Crippen LogP contribution in [0.25, 0.3) is 0 Å². The van der Waals surface area contributed by atoms with E-state index in [-0.39, 0.29) is 0 Å². The smallest absolute Gasteiger partial charge is 0.0306 e. The van der Waals surface area contributed by atoms with Crippen LogP contribution in [0.4, 0.5) is 0 Å². The highest BCUT2D eigenvalue weighted by molar-refractivity contribution is 5.27. The molecule has 0 unspecified atom stereocenters. The first kappa shape index (κ1) is 14.5. The normalized spacial score (nSPS) is 27.4. The SMILES string of the molecule is CC(C)NCC1(c2cccnc2)CC(C(C)(C)C)C1. The molecule has 2 nitrogen and oxygen atoms in total. The van der Waals surface area contributed by atoms with Crippen molar-refractivity contribution in [2.45, 2.75) is 58.9 Å². The molecule has 1 saturated carbocycles. The van der Waals surface area contributed by atoms with Crippen LogP contribution in [0.5, 0.6) is 0 Å². The second-order valence-electron chi connectivity index (χ2n) is 7.53. The molecule has 0 atom stereocenters. The number of nitrogens with one attached hydrogen (secondary N) is 1. The average Bonchev–Trinajstić information content (AvgIpc) is 2.27. The monoisotopic (exact) mass is 260 g/mol. The maximum absolute atomic E-state index is 4.32. The van der Waals surface area contributed by atoms with Gasteiger partial charge in [-0.2, -0.15) is 0 Å². The van der Waals surface area contributed by atoms with Crippen molar-refractivity contribution in [3.05, 3.63) is 30.1 Å². The van der Waals surface area contributed by atoms with Gasteiger partial charge in [0.15, 0.2) is 0 Å². The molecule has 1 aromatic rings. The lowest BCUT2D eigenvalue weighted by atomic mass is 9.52. The third kappa shape index (κ3) is 3.17. The number of rotatable bonds is 4. The fourth-order valence-electron chi connectivity index (χ4n) is 3.05. The van der Waals surface area contributed by atoms with Gasteiger partial charge in [0.1, 0.15) is 0 Å². The zero-order chi connectivity index (χ0) is 14.1. The number of nitrogens with zero attached hydrogens (tertiary/aromatic N) is 1. The first-order valence-corrected chi connectivity index (χ1v) is 7.47. The van der Waals surface area contributed by atoms with Gasteiger partial charge in [0.05, 0.1) is 0 Å². The predicted molar refractivity (Wildman–Crippen MR) is 81.2 cm³/mol. The molecule has 0 radical (unpaired) electrons. The highest BCUT2D eigenvalue weighted by atomic mass is 14.9. The molecule has 1 aliphatic carbocycles. The van der Waals surface area contributed by atoms with Gasteiger partial charge in [-0.25, -0.2) is 0 Å². The number of hydrogen-bond acceptors (Lipinski definition) is 2. The summed E-state index contributed by atoms with van der Waals surface area (Å²) in [6, 6.07) is 4.85. The van der Waals surface area contributed by atoms with Gasteiger partial charge in [-0.05, 0) is 35.8 Å². The highest BCUT2D eigenvalue weighted by Gasteiger charge is 2.49. The summed E-state index contributed by atoms with van der Waals surface area (Å²) in [5.41, 5.74) is 2.13. The minimum absolute atomic E-state index is 0.302. The molecule has 19 heavy (non-hydrogen) atoms. The number of hydrogen-bond donors (Lipinski definition) is 1. The van der Waals surface area contributed by atoms with Gasteiger partial charge in [-0.15, -0.1) is 0 Å². The maximum Gasteiger partial charge on any atom is 0.0306 e. The van der Waals surface area contributed by atoms with Crippen LogP contribution in [0.15, 0.2) is 24.5 Å². The summed E-state index contributed by atoms with van der Waals surface area (Å²) in [6.45, 7) is 12.6. The molecule has 1 fully saturated rings. The van der Waals surface area contributed by atoms with Crippen molar-refractivity contribution in [2.75, 3.05) is 6.54 Å². The number of pyridine rings is 1. The van der Waals surface area contributed by atoms with Crippen LogP contribution in [0.1, 0.15) is 53.0 Å². The summed E-state index contributed by atoms with van der Waals surface area (Å²) < 4.78 is 0. The van der Waals surface area contributed by atoms with Gasteiger partial charge in [-0.1, -0.05) is 40.7 Å². The van der Waals surface area contributed by atoms with E-state index in [1.165, 1.54) is 18.4 Å². The van der Waals surface area contributed by atoms with E-state index in [0.29, 0.717) is 16.9 Å². The Morgan fingerprint density at radius 1 is 1.37 bits per heavy atom. The summed E-state index contributed by atoms with van der Waals surface area (Å²) in [4.78, 5) is 4.32. The molecule has 0 aromatic carbocycles. The van der Waals surface area contributed by atoms with E-state index < -0.39 is 0 Å². The average molecular weight is 260 g/mol. The Morgan fingerprint density at radius 3 is 2.53 bits per heavy atom. The largest absolute Gasteiger partial charge is 0.314 e. The van der Waals surface area contributed by atoms with Crippen molar-refractivity contribution in [2.24, 2.45) is 11.3 Å². The zero-order valence-electron chi connectivity index (χ0n) is 13.0. The minimum atomic E-state index is 0.302. The van der Waals surface area contributed by atoms with Gasteiger partial charge in [-0.3, -0.25) is 4.98 Å². The van der Waals surface area contributed by atoms with E-state index in [1.807, 2.05) is 6.20 Å². The van der Waals surface area contributed by atoms with Crippen LogP contribution in [-0.2, 0) is 5.41 Å². The van der Waals surface area contributed by atoms with Crippen molar-refractivity contribution in [3.63, 3.8) is 0 Å². The number of aromatic nitrogens is 1. The van der Waals surface area contributed by atoms with Gasteiger partial charge in [0.25, 0.3) is 0 Å². The quantitative estimate of drug-likeness (QED) is 0.891. The Morgan fingerprint density at radius 2 is 2.05 bits per heavy atom. The zero-order valence-corrected chi connectivity index (χ0v) is 13.0. The maximum atomic E-state index is 4.32. The molecule has 2 rings (SSSR count). The third-order valence-electron chi connectivity index (χ3n) is 4.62.